The fraction of sp³-hybridized carbons (Fsp3) is 0.778. The summed E-state index contributed by atoms with van der Waals surface area (Å²) >= 11 is 0. The molecule has 1 amide bonds. The summed E-state index contributed by atoms with van der Waals surface area (Å²) in [5.41, 5.74) is 4.29. The standard InChI is InChI=1S/C9H18N2O3/c1-5(2)6(10)7(12)11-9(3,4)8(13)14/h5-6H,10H2,1-4H3,(H,11,12)(H,13,14)/t6-/m1/s1. The van der Waals surface area contributed by atoms with Crippen molar-refractivity contribution in [3.63, 3.8) is 0 Å². The van der Waals surface area contributed by atoms with Crippen LogP contribution >= 0.6 is 0 Å². The minimum Gasteiger partial charge on any atom is -0.480 e. The van der Waals surface area contributed by atoms with Gasteiger partial charge in [0.1, 0.15) is 5.54 Å². The van der Waals surface area contributed by atoms with Gasteiger partial charge in [0.05, 0.1) is 6.04 Å². The SMILES string of the molecule is CC(C)[C@@H](N)C(=O)NC(C)(C)C(=O)O. The molecule has 0 saturated heterocycles. The quantitative estimate of drug-likeness (QED) is 0.596. The van der Waals surface area contributed by atoms with E-state index in [4.69, 9.17) is 10.8 Å². The summed E-state index contributed by atoms with van der Waals surface area (Å²) in [4.78, 5) is 22.1. The smallest absolute Gasteiger partial charge is 0.328 e. The Morgan fingerprint density at radius 2 is 1.79 bits per heavy atom. The van der Waals surface area contributed by atoms with Crippen LogP contribution in [-0.4, -0.2) is 28.6 Å². The predicted molar refractivity (Wildman–Crippen MR) is 52.7 cm³/mol. The molecule has 0 aliphatic heterocycles. The van der Waals surface area contributed by atoms with E-state index in [-0.39, 0.29) is 5.92 Å². The van der Waals surface area contributed by atoms with Crippen molar-refractivity contribution < 1.29 is 14.7 Å². The summed E-state index contributed by atoms with van der Waals surface area (Å²) in [6.45, 7) is 6.44. The second-order valence-electron chi connectivity index (χ2n) is 4.19. The van der Waals surface area contributed by atoms with Gasteiger partial charge in [-0.2, -0.15) is 0 Å². The highest BCUT2D eigenvalue weighted by Crippen LogP contribution is 2.05. The number of carboxylic acid groups (broad SMARTS) is 1. The second-order valence-corrected chi connectivity index (χ2v) is 4.19. The van der Waals surface area contributed by atoms with Gasteiger partial charge in [-0.15, -0.1) is 0 Å². The zero-order valence-corrected chi connectivity index (χ0v) is 9.00. The molecule has 0 aromatic carbocycles. The molecule has 0 rings (SSSR count). The number of carboxylic acids is 1. The molecule has 0 aromatic rings. The van der Waals surface area contributed by atoms with Crippen molar-refractivity contribution in [1.29, 1.82) is 0 Å². The number of carbonyl (C=O) groups is 2. The summed E-state index contributed by atoms with van der Waals surface area (Å²) in [5.74, 6) is -1.53. The minimum absolute atomic E-state index is 0.0143. The highest BCUT2D eigenvalue weighted by molar-refractivity contribution is 5.88. The Morgan fingerprint density at radius 1 is 1.36 bits per heavy atom. The van der Waals surface area contributed by atoms with Gasteiger partial charge >= 0.3 is 5.97 Å². The first kappa shape index (κ1) is 12.9. The average molecular weight is 202 g/mol. The molecule has 0 heterocycles. The zero-order chi connectivity index (χ0) is 11.5. The molecule has 0 saturated carbocycles. The van der Waals surface area contributed by atoms with E-state index in [2.05, 4.69) is 5.32 Å². The molecule has 5 heteroatoms. The molecular formula is C9H18N2O3. The van der Waals surface area contributed by atoms with Gasteiger partial charge in [0.2, 0.25) is 5.91 Å². The Hall–Kier alpha value is -1.10. The number of carbonyl (C=O) groups excluding carboxylic acids is 1. The third-order valence-corrected chi connectivity index (χ3v) is 1.99. The van der Waals surface area contributed by atoms with Crippen LogP contribution in [-0.2, 0) is 9.59 Å². The summed E-state index contributed by atoms with van der Waals surface area (Å²) in [6.07, 6.45) is 0. The highest BCUT2D eigenvalue weighted by atomic mass is 16.4. The van der Waals surface area contributed by atoms with Gasteiger partial charge in [-0.25, -0.2) is 4.79 Å². The maximum Gasteiger partial charge on any atom is 0.328 e. The molecule has 0 fully saturated rings. The lowest BCUT2D eigenvalue weighted by Gasteiger charge is -2.24. The highest BCUT2D eigenvalue weighted by Gasteiger charge is 2.31. The van der Waals surface area contributed by atoms with Crippen molar-refractivity contribution in [2.45, 2.75) is 39.3 Å². The van der Waals surface area contributed by atoms with Gasteiger partial charge in [0.15, 0.2) is 0 Å². The average Bonchev–Trinajstić information content (AvgIpc) is 2.01. The van der Waals surface area contributed by atoms with Crippen LogP contribution in [0, 0.1) is 5.92 Å². The number of nitrogens with two attached hydrogens (primary N) is 1. The van der Waals surface area contributed by atoms with Crippen LogP contribution in [0.25, 0.3) is 0 Å². The molecule has 5 nitrogen and oxygen atoms in total. The van der Waals surface area contributed by atoms with Crippen LogP contribution in [0.15, 0.2) is 0 Å². The molecule has 0 aliphatic carbocycles. The third-order valence-electron chi connectivity index (χ3n) is 1.99. The number of hydrogen-bond acceptors (Lipinski definition) is 3. The molecule has 4 N–H and O–H groups in total. The monoisotopic (exact) mass is 202 g/mol. The van der Waals surface area contributed by atoms with Gasteiger partial charge in [-0.05, 0) is 19.8 Å². The number of amides is 1. The zero-order valence-electron chi connectivity index (χ0n) is 9.00. The molecule has 0 bridgehead atoms. The summed E-state index contributed by atoms with van der Waals surface area (Å²) in [7, 11) is 0. The van der Waals surface area contributed by atoms with Gasteiger partial charge in [-0.1, -0.05) is 13.8 Å². The number of hydrogen-bond donors (Lipinski definition) is 3. The molecule has 0 aliphatic rings. The van der Waals surface area contributed by atoms with Gasteiger partial charge in [-0.3, -0.25) is 4.79 Å². The first-order valence-corrected chi connectivity index (χ1v) is 4.49. The minimum atomic E-state index is -1.27. The van der Waals surface area contributed by atoms with E-state index < -0.39 is 23.5 Å². The lowest BCUT2D eigenvalue weighted by molar-refractivity contribution is -0.146. The predicted octanol–water partition coefficient (Wildman–Crippen LogP) is -0.0509. The Balaban J connectivity index is 4.40. The van der Waals surface area contributed by atoms with Crippen LogP contribution in [0.4, 0.5) is 0 Å². The Bertz CT molecular complexity index is 236. The molecule has 14 heavy (non-hydrogen) atoms. The molecule has 82 valence electrons. The van der Waals surface area contributed by atoms with Crippen LogP contribution in [0.5, 0.6) is 0 Å². The van der Waals surface area contributed by atoms with Crippen LogP contribution in [0.2, 0.25) is 0 Å². The Kier molecular flexibility index (Phi) is 4.07. The number of rotatable bonds is 4. The fourth-order valence-corrected chi connectivity index (χ4v) is 0.748. The summed E-state index contributed by atoms with van der Waals surface area (Å²) in [5, 5.41) is 11.1. The molecule has 0 unspecified atom stereocenters. The van der Waals surface area contributed by atoms with Gasteiger partial charge < -0.3 is 16.2 Å². The van der Waals surface area contributed by atoms with Crippen molar-refractivity contribution in [3.05, 3.63) is 0 Å². The molecule has 1 atom stereocenters. The van der Waals surface area contributed by atoms with E-state index in [1.165, 1.54) is 13.8 Å². The summed E-state index contributed by atoms with van der Waals surface area (Å²) in [6, 6.07) is -0.673. The van der Waals surface area contributed by atoms with E-state index in [9.17, 15) is 9.59 Å². The van der Waals surface area contributed by atoms with Crippen molar-refractivity contribution >= 4 is 11.9 Å². The number of aliphatic carboxylic acids is 1. The molecule has 0 spiro atoms. The fourth-order valence-electron chi connectivity index (χ4n) is 0.748. The lowest BCUT2D eigenvalue weighted by atomic mass is 10.0. The molecular weight excluding hydrogens is 184 g/mol. The largest absolute Gasteiger partial charge is 0.480 e. The van der Waals surface area contributed by atoms with Crippen molar-refractivity contribution in [1.82, 2.24) is 5.32 Å². The topological polar surface area (TPSA) is 92.4 Å². The van der Waals surface area contributed by atoms with Crippen LogP contribution < -0.4 is 11.1 Å². The lowest BCUT2D eigenvalue weighted by Crippen LogP contribution is -2.55. The van der Waals surface area contributed by atoms with E-state index in [1.54, 1.807) is 13.8 Å². The van der Waals surface area contributed by atoms with Crippen molar-refractivity contribution in [2.24, 2.45) is 11.7 Å². The first-order valence-electron chi connectivity index (χ1n) is 4.49. The van der Waals surface area contributed by atoms with Crippen molar-refractivity contribution in [2.75, 3.05) is 0 Å². The van der Waals surface area contributed by atoms with Crippen molar-refractivity contribution in [3.8, 4) is 0 Å². The van der Waals surface area contributed by atoms with E-state index in [1.807, 2.05) is 0 Å². The number of nitrogens with one attached hydrogen (secondary N) is 1. The molecule has 0 aromatic heterocycles. The van der Waals surface area contributed by atoms with Crippen LogP contribution in [0.3, 0.4) is 0 Å². The normalized spacial score (nSPS) is 13.9. The van der Waals surface area contributed by atoms with Gasteiger partial charge in [0, 0.05) is 0 Å². The van der Waals surface area contributed by atoms with E-state index >= 15 is 0 Å². The first-order chi connectivity index (χ1) is 6.18. The Labute approximate surface area is 83.7 Å². The maximum absolute atomic E-state index is 11.4. The second kappa shape index (κ2) is 4.41. The summed E-state index contributed by atoms with van der Waals surface area (Å²) < 4.78 is 0. The van der Waals surface area contributed by atoms with Gasteiger partial charge in [0.25, 0.3) is 0 Å². The Morgan fingerprint density at radius 3 is 2.07 bits per heavy atom. The third kappa shape index (κ3) is 3.33. The van der Waals surface area contributed by atoms with Crippen LogP contribution in [0.1, 0.15) is 27.7 Å². The van der Waals surface area contributed by atoms with E-state index in [0.29, 0.717) is 0 Å². The maximum atomic E-state index is 11.4. The molecule has 0 radical (unpaired) electrons. The van der Waals surface area contributed by atoms with E-state index in [0.717, 1.165) is 0 Å².